The Bertz CT molecular complexity index is 375. The highest BCUT2D eigenvalue weighted by molar-refractivity contribution is 5.30. The van der Waals surface area contributed by atoms with Crippen molar-refractivity contribution in [2.24, 2.45) is 0 Å². The second kappa shape index (κ2) is 4.09. The minimum atomic E-state index is -4.26. The van der Waals surface area contributed by atoms with E-state index in [1.54, 1.807) is 13.0 Å². The molecule has 0 heterocycles. The second-order valence-electron chi connectivity index (χ2n) is 5.15. The van der Waals surface area contributed by atoms with Crippen molar-refractivity contribution in [3.05, 3.63) is 34.9 Å². The van der Waals surface area contributed by atoms with Gasteiger partial charge in [-0.05, 0) is 19.1 Å². The molecule has 0 saturated carbocycles. The summed E-state index contributed by atoms with van der Waals surface area (Å²) < 4.78 is 38.3. The molecule has 4 heteroatoms. The van der Waals surface area contributed by atoms with Crippen LogP contribution in [-0.4, -0.2) is 25.6 Å². The zero-order chi connectivity index (χ0) is 12.6. The molecule has 0 aromatic heterocycles. The lowest BCUT2D eigenvalue weighted by atomic mass is 10.1. The molecule has 0 N–H and O–H groups in total. The van der Waals surface area contributed by atoms with Crippen molar-refractivity contribution in [1.29, 1.82) is 0 Å². The molecule has 1 aromatic rings. The number of benzene rings is 1. The van der Waals surface area contributed by atoms with Crippen LogP contribution in [0.3, 0.4) is 0 Å². The van der Waals surface area contributed by atoms with Crippen molar-refractivity contribution in [1.82, 2.24) is 0 Å². The van der Waals surface area contributed by atoms with Gasteiger partial charge < -0.3 is 4.48 Å². The molecule has 16 heavy (non-hydrogen) atoms. The van der Waals surface area contributed by atoms with Crippen LogP contribution in [0.1, 0.15) is 16.7 Å². The number of quaternary nitrogens is 1. The summed E-state index contributed by atoms with van der Waals surface area (Å²) in [4.78, 5) is 0. The maximum atomic E-state index is 12.6. The summed E-state index contributed by atoms with van der Waals surface area (Å²) in [6.07, 6.45) is -4.26. The first-order chi connectivity index (χ1) is 7.08. The van der Waals surface area contributed by atoms with Crippen LogP contribution in [-0.2, 0) is 12.7 Å². The zero-order valence-corrected chi connectivity index (χ0v) is 10.0. The van der Waals surface area contributed by atoms with E-state index in [-0.39, 0.29) is 0 Å². The minimum absolute atomic E-state index is 0.559. The standard InChI is InChI=1S/C12H17F3N/c1-9-5-10(8-16(2,3)4)7-11(6-9)12(13,14)15/h5-7H,8H2,1-4H3/q+1. The third kappa shape index (κ3) is 3.85. The summed E-state index contributed by atoms with van der Waals surface area (Å²) in [7, 11) is 5.86. The quantitative estimate of drug-likeness (QED) is 0.687. The summed E-state index contributed by atoms with van der Waals surface area (Å²) in [5, 5.41) is 0. The molecule has 0 atom stereocenters. The SMILES string of the molecule is Cc1cc(C[N+](C)(C)C)cc(C(F)(F)F)c1. The molecule has 0 fully saturated rings. The third-order valence-corrected chi connectivity index (χ3v) is 2.12. The average Bonchev–Trinajstić information content (AvgIpc) is 1.97. The lowest BCUT2D eigenvalue weighted by Crippen LogP contribution is -2.33. The Morgan fingerprint density at radius 1 is 1.06 bits per heavy atom. The van der Waals surface area contributed by atoms with Gasteiger partial charge in [-0.25, -0.2) is 0 Å². The summed E-state index contributed by atoms with van der Waals surface area (Å²) >= 11 is 0. The molecule has 0 aliphatic carbocycles. The Morgan fingerprint density at radius 2 is 1.62 bits per heavy atom. The van der Waals surface area contributed by atoms with Crippen molar-refractivity contribution in [3.8, 4) is 0 Å². The van der Waals surface area contributed by atoms with Crippen molar-refractivity contribution < 1.29 is 17.7 Å². The van der Waals surface area contributed by atoms with Crippen LogP contribution < -0.4 is 0 Å². The molecule has 0 spiro atoms. The molecule has 0 aliphatic heterocycles. The zero-order valence-electron chi connectivity index (χ0n) is 10.0. The van der Waals surface area contributed by atoms with Crippen molar-refractivity contribution in [3.63, 3.8) is 0 Å². The Morgan fingerprint density at radius 3 is 2.06 bits per heavy atom. The molecule has 1 aromatic carbocycles. The number of rotatable bonds is 2. The van der Waals surface area contributed by atoms with Gasteiger partial charge in [0.15, 0.2) is 0 Å². The van der Waals surface area contributed by atoms with Gasteiger partial charge in [0.1, 0.15) is 6.54 Å². The van der Waals surface area contributed by atoms with Crippen molar-refractivity contribution in [2.45, 2.75) is 19.6 Å². The van der Waals surface area contributed by atoms with Crippen LogP contribution in [0.25, 0.3) is 0 Å². The molecule has 1 nitrogen and oxygen atoms in total. The highest BCUT2D eigenvalue weighted by Crippen LogP contribution is 2.30. The van der Waals surface area contributed by atoms with Gasteiger partial charge in [-0.1, -0.05) is 11.6 Å². The molecule has 0 bridgehead atoms. The molecule has 1 rings (SSSR count). The summed E-state index contributed by atoms with van der Waals surface area (Å²) in [5.74, 6) is 0. The van der Waals surface area contributed by atoms with Crippen LogP contribution in [0.2, 0.25) is 0 Å². The Kier molecular flexibility index (Phi) is 3.33. The van der Waals surface area contributed by atoms with E-state index in [0.29, 0.717) is 16.6 Å². The largest absolute Gasteiger partial charge is 0.416 e. The van der Waals surface area contributed by atoms with E-state index in [4.69, 9.17) is 0 Å². The average molecular weight is 232 g/mol. The van der Waals surface area contributed by atoms with Gasteiger partial charge in [0.2, 0.25) is 0 Å². The van der Waals surface area contributed by atoms with Crippen LogP contribution in [0.5, 0.6) is 0 Å². The van der Waals surface area contributed by atoms with E-state index >= 15 is 0 Å². The van der Waals surface area contributed by atoms with Crippen LogP contribution >= 0.6 is 0 Å². The number of hydrogen-bond donors (Lipinski definition) is 0. The molecule has 0 radical (unpaired) electrons. The van der Waals surface area contributed by atoms with Gasteiger partial charge in [0.05, 0.1) is 26.7 Å². The van der Waals surface area contributed by atoms with E-state index in [0.717, 1.165) is 5.56 Å². The Balaban J connectivity index is 3.09. The topological polar surface area (TPSA) is 0 Å². The van der Waals surface area contributed by atoms with Gasteiger partial charge in [-0.15, -0.1) is 0 Å². The maximum Gasteiger partial charge on any atom is 0.416 e. The minimum Gasteiger partial charge on any atom is -0.327 e. The van der Waals surface area contributed by atoms with E-state index < -0.39 is 11.7 Å². The van der Waals surface area contributed by atoms with Gasteiger partial charge >= 0.3 is 6.18 Å². The molecule has 90 valence electrons. The maximum absolute atomic E-state index is 12.6. The number of hydrogen-bond acceptors (Lipinski definition) is 0. The lowest BCUT2D eigenvalue weighted by molar-refractivity contribution is -0.884. The first kappa shape index (κ1) is 13.0. The van der Waals surface area contributed by atoms with E-state index in [1.807, 2.05) is 21.1 Å². The van der Waals surface area contributed by atoms with E-state index in [9.17, 15) is 13.2 Å². The summed E-state index contributed by atoms with van der Waals surface area (Å²) in [6, 6.07) is 4.22. The van der Waals surface area contributed by atoms with E-state index in [1.165, 1.54) is 12.1 Å². The molecule has 0 saturated heterocycles. The summed E-state index contributed by atoms with van der Waals surface area (Å²) in [6.45, 7) is 2.28. The number of aryl methyl sites for hydroxylation is 1. The van der Waals surface area contributed by atoms with Gasteiger partial charge in [-0.2, -0.15) is 13.2 Å². The second-order valence-corrected chi connectivity index (χ2v) is 5.15. The van der Waals surface area contributed by atoms with Crippen LogP contribution in [0.15, 0.2) is 18.2 Å². The van der Waals surface area contributed by atoms with Gasteiger partial charge in [-0.3, -0.25) is 0 Å². The third-order valence-electron chi connectivity index (χ3n) is 2.12. The fourth-order valence-corrected chi connectivity index (χ4v) is 1.67. The van der Waals surface area contributed by atoms with Crippen LogP contribution in [0, 0.1) is 6.92 Å². The number of nitrogens with zero attached hydrogens (tertiary/aromatic N) is 1. The fraction of sp³-hybridized carbons (Fsp3) is 0.500. The molecule has 0 unspecified atom stereocenters. The van der Waals surface area contributed by atoms with Gasteiger partial charge in [0.25, 0.3) is 0 Å². The number of alkyl halides is 3. The predicted molar refractivity (Wildman–Crippen MR) is 57.9 cm³/mol. The highest BCUT2D eigenvalue weighted by atomic mass is 19.4. The van der Waals surface area contributed by atoms with Crippen LogP contribution in [0.4, 0.5) is 13.2 Å². The first-order valence-electron chi connectivity index (χ1n) is 5.06. The molecule has 0 amide bonds. The summed E-state index contributed by atoms with van der Waals surface area (Å²) in [5.41, 5.74) is 0.814. The Labute approximate surface area is 94.1 Å². The lowest BCUT2D eigenvalue weighted by Gasteiger charge is -2.24. The molecule has 0 aliphatic rings. The fourth-order valence-electron chi connectivity index (χ4n) is 1.67. The van der Waals surface area contributed by atoms with E-state index in [2.05, 4.69) is 0 Å². The Hall–Kier alpha value is -1.03. The first-order valence-corrected chi connectivity index (χ1v) is 5.06. The molecular weight excluding hydrogens is 215 g/mol. The highest BCUT2D eigenvalue weighted by Gasteiger charge is 2.31. The van der Waals surface area contributed by atoms with Crippen molar-refractivity contribution >= 4 is 0 Å². The van der Waals surface area contributed by atoms with Crippen molar-refractivity contribution in [2.75, 3.05) is 21.1 Å². The molecular formula is C12H17F3N+. The number of halogens is 3. The van der Waals surface area contributed by atoms with Gasteiger partial charge in [0, 0.05) is 5.56 Å². The normalized spacial score (nSPS) is 12.9. The monoisotopic (exact) mass is 232 g/mol. The smallest absolute Gasteiger partial charge is 0.327 e. The predicted octanol–water partition coefficient (Wildman–Crippen LogP) is 3.22.